The van der Waals surface area contributed by atoms with Crippen molar-refractivity contribution in [3.05, 3.63) is 35.4 Å². The highest BCUT2D eigenvalue weighted by Crippen LogP contribution is 2.03. The molecule has 0 saturated carbocycles. The number of oxime groups is 1. The number of rotatable bonds is 5. The van der Waals surface area contributed by atoms with Crippen LogP contribution in [0.1, 0.15) is 18.1 Å². The third-order valence-electron chi connectivity index (χ3n) is 1.78. The number of nitrogens with zero attached hydrogens (tertiary/aromatic N) is 1. The van der Waals surface area contributed by atoms with E-state index in [-0.39, 0.29) is 6.61 Å². The summed E-state index contributed by atoms with van der Waals surface area (Å²) >= 11 is 0. The molecule has 0 N–H and O–H groups in total. The number of hydrogen-bond acceptors (Lipinski definition) is 2. The molecule has 3 nitrogen and oxygen atoms in total. The molecule has 0 saturated heterocycles. The van der Waals surface area contributed by atoms with Gasteiger partial charge in [0.05, 0.1) is 12.8 Å². The zero-order valence-electron chi connectivity index (χ0n) is 8.27. The molecule has 1 rings (SSSR count). The van der Waals surface area contributed by atoms with Crippen LogP contribution in [0.5, 0.6) is 0 Å². The van der Waals surface area contributed by atoms with Crippen LogP contribution >= 0.6 is 0 Å². The Morgan fingerprint density at radius 2 is 2.07 bits per heavy atom. The summed E-state index contributed by atoms with van der Waals surface area (Å²) in [5.74, 6) is 0. The number of hydrogen-bond donors (Lipinski definition) is 0. The molecule has 75 valence electrons. The normalized spacial score (nSPS) is 10.7. The molecule has 0 heterocycles. The molecular formula is C11H14NO2. The Hall–Kier alpha value is -1.35. The van der Waals surface area contributed by atoms with Crippen molar-refractivity contribution in [2.75, 3.05) is 13.2 Å². The summed E-state index contributed by atoms with van der Waals surface area (Å²) in [6, 6.07) is 7.72. The highest BCUT2D eigenvalue weighted by atomic mass is 16.6. The molecule has 0 fully saturated rings. The zero-order chi connectivity index (χ0) is 10.2. The predicted octanol–water partition coefficient (Wildman–Crippen LogP) is 2.03. The van der Waals surface area contributed by atoms with Crippen LogP contribution in [0.15, 0.2) is 29.4 Å². The van der Waals surface area contributed by atoms with E-state index in [1.54, 1.807) is 6.21 Å². The lowest BCUT2D eigenvalue weighted by molar-refractivity contribution is 0.160. The van der Waals surface area contributed by atoms with Crippen molar-refractivity contribution in [1.29, 1.82) is 0 Å². The average molecular weight is 192 g/mol. The third kappa shape index (κ3) is 3.58. The van der Waals surface area contributed by atoms with E-state index in [0.29, 0.717) is 13.0 Å². The van der Waals surface area contributed by atoms with E-state index in [2.05, 4.69) is 5.16 Å². The van der Waals surface area contributed by atoms with Crippen LogP contribution in [0.3, 0.4) is 0 Å². The average Bonchev–Trinajstić information content (AvgIpc) is 2.21. The number of benzene rings is 1. The first kappa shape index (κ1) is 10.7. The standard InChI is InChI=1S/C11H14NO2/c1-2-14-12-9-11-5-3-10(4-6-11)7-8-13/h3-6,9H,2,7-8H2,1H3/b12-9+. The van der Waals surface area contributed by atoms with Crippen molar-refractivity contribution in [3.8, 4) is 0 Å². The summed E-state index contributed by atoms with van der Waals surface area (Å²) in [5.41, 5.74) is 2.04. The molecule has 0 bridgehead atoms. The first-order chi connectivity index (χ1) is 6.86. The van der Waals surface area contributed by atoms with Crippen LogP contribution in [-0.2, 0) is 16.4 Å². The molecule has 0 spiro atoms. The molecule has 0 aliphatic rings. The summed E-state index contributed by atoms with van der Waals surface area (Å²) < 4.78 is 0. The fourth-order valence-corrected chi connectivity index (χ4v) is 1.06. The minimum absolute atomic E-state index is 0.0631. The summed E-state index contributed by atoms with van der Waals surface area (Å²) in [7, 11) is 0. The lowest BCUT2D eigenvalue weighted by Crippen LogP contribution is -1.90. The van der Waals surface area contributed by atoms with E-state index in [1.807, 2.05) is 31.2 Å². The van der Waals surface area contributed by atoms with Crippen LogP contribution in [0.4, 0.5) is 0 Å². The molecule has 0 aliphatic heterocycles. The van der Waals surface area contributed by atoms with Crippen LogP contribution in [-0.4, -0.2) is 19.4 Å². The molecule has 0 aliphatic carbocycles. The van der Waals surface area contributed by atoms with Gasteiger partial charge in [0.25, 0.3) is 0 Å². The van der Waals surface area contributed by atoms with E-state index >= 15 is 0 Å². The fourth-order valence-electron chi connectivity index (χ4n) is 1.06. The minimum atomic E-state index is -0.0631. The molecule has 14 heavy (non-hydrogen) atoms. The zero-order valence-corrected chi connectivity index (χ0v) is 8.27. The largest absolute Gasteiger partial charge is 0.396 e. The van der Waals surface area contributed by atoms with E-state index in [9.17, 15) is 5.11 Å². The topological polar surface area (TPSA) is 41.5 Å². The van der Waals surface area contributed by atoms with Crippen molar-refractivity contribution in [2.45, 2.75) is 13.3 Å². The van der Waals surface area contributed by atoms with Gasteiger partial charge in [-0.2, -0.15) is 0 Å². The monoisotopic (exact) mass is 192 g/mol. The van der Waals surface area contributed by atoms with Crippen molar-refractivity contribution in [3.63, 3.8) is 0 Å². The Morgan fingerprint density at radius 1 is 1.36 bits per heavy atom. The predicted molar refractivity (Wildman–Crippen MR) is 54.9 cm³/mol. The van der Waals surface area contributed by atoms with E-state index < -0.39 is 0 Å². The second kappa shape index (κ2) is 6.16. The van der Waals surface area contributed by atoms with E-state index in [0.717, 1.165) is 11.1 Å². The smallest absolute Gasteiger partial charge is 0.114 e. The Bertz CT molecular complexity index is 280. The first-order valence-corrected chi connectivity index (χ1v) is 4.69. The lowest BCUT2D eigenvalue weighted by Gasteiger charge is -1.97. The molecule has 0 unspecified atom stereocenters. The second-order valence-electron chi connectivity index (χ2n) is 2.85. The van der Waals surface area contributed by atoms with Gasteiger partial charge >= 0.3 is 0 Å². The first-order valence-electron chi connectivity index (χ1n) is 4.69. The van der Waals surface area contributed by atoms with Gasteiger partial charge in [0, 0.05) is 0 Å². The molecular weight excluding hydrogens is 178 g/mol. The molecule has 0 atom stereocenters. The van der Waals surface area contributed by atoms with Crippen LogP contribution in [0.2, 0.25) is 0 Å². The highest BCUT2D eigenvalue weighted by molar-refractivity contribution is 5.79. The maximum Gasteiger partial charge on any atom is 0.114 e. The van der Waals surface area contributed by atoms with Gasteiger partial charge in [-0.25, -0.2) is 5.11 Å². The maximum atomic E-state index is 10.3. The van der Waals surface area contributed by atoms with E-state index in [4.69, 9.17) is 4.84 Å². The van der Waals surface area contributed by atoms with Gasteiger partial charge in [0.1, 0.15) is 6.61 Å². The summed E-state index contributed by atoms with van der Waals surface area (Å²) in [6.45, 7) is 2.39. The summed E-state index contributed by atoms with van der Waals surface area (Å²) in [4.78, 5) is 4.83. The SMILES string of the molecule is CCO/N=C/c1ccc(CC[O])cc1. The molecule has 1 aromatic rings. The summed E-state index contributed by atoms with van der Waals surface area (Å²) in [5, 5.41) is 14.1. The molecule has 0 amide bonds. The van der Waals surface area contributed by atoms with Gasteiger partial charge in [0.15, 0.2) is 0 Å². The lowest BCUT2D eigenvalue weighted by atomic mass is 10.1. The van der Waals surface area contributed by atoms with Crippen molar-refractivity contribution in [1.82, 2.24) is 0 Å². The Kier molecular flexibility index (Phi) is 4.72. The van der Waals surface area contributed by atoms with Gasteiger partial charge < -0.3 is 4.84 Å². The minimum Gasteiger partial charge on any atom is -0.396 e. The van der Waals surface area contributed by atoms with Crippen LogP contribution in [0.25, 0.3) is 0 Å². The van der Waals surface area contributed by atoms with Crippen molar-refractivity contribution >= 4 is 6.21 Å². The Labute approximate surface area is 84.0 Å². The van der Waals surface area contributed by atoms with Crippen LogP contribution in [0, 0.1) is 0 Å². The van der Waals surface area contributed by atoms with Gasteiger partial charge in [-0.3, -0.25) is 0 Å². The quantitative estimate of drug-likeness (QED) is 0.520. The van der Waals surface area contributed by atoms with E-state index in [1.165, 1.54) is 0 Å². The van der Waals surface area contributed by atoms with Crippen molar-refractivity contribution < 1.29 is 9.94 Å². The molecule has 0 aromatic heterocycles. The van der Waals surface area contributed by atoms with Gasteiger partial charge in [0.2, 0.25) is 0 Å². The maximum absolute atomic E-state index is 10.3. The highest BCUT2D eigenvalue weighted by Gasteiger charge is 1.92. The molecule has 1 aromatic carbocycles. The van der Waals surface area contributed by atoms with Gasteiger partial charge in [-0.15, -0.1) is 0 Å². The Morgan fingerprint density at radius 3 is 2.64 bits per heavy atom. The van der Waals surface area contributed by atoms with Gasteiger partial charge in [-0.1, -0.05) is 29.4 Å². The van der Waals surface area contributed by atoms with Gasteiger partial charge in [-0.05, 0) is 24.5 Å². The second-order valence-corrected chi connectivity index (χ2v) is 2.85. The molecule has 3 heteroatoms. The van der Waals surface area contributed by atoms with Crippen molar-refractivity contribution in [2.24, 2.45) is 5.16 Å². The summed E-state index contributed by atoms with van der Waals surface area (Å²) in [6.07, 6.45) is 2.24. The third-order valence-corrected chi connectivity index (χ3v) is 1.78. The Balaban J connectivity index is 2.54. The van der Waals surface area contributed by atoms with Crippen LogP contribution < -0.4 is 0 Å². The fraction of sp³-hybridized carbons (Fsp3) is 0.364. The molecule has 1 radical (unpaired) electrons.